The topological polar surface area (TPSA) is 65.1 Å². The van der Waals surface area contributed by atoms with E-state index >= 15 is 0 Å². The molecular formula is C15H16FNO5. The summed E-state index contributed by atoms with van der Waals surface area (Å²) >= 11 is 0. The first-order valence-electron chi connectivity index (χ1n) is 6.50. The van der Waals surface area contributed by atoms with Gasteiger partial charge < -0.3 is 19.1 Å². The van der Waals surface area contributed by atoms with Crippen LogP contribution < -0.4 is 4.90 Å². The number of carbonyl (C=O) groups is 2. The molecule has 1 aliphatic rings. The highest BCUT2D eigenvalue weighted by Crippen LogP contribution is 2.27. The number of hydrogen-bond donors (Lipinski definition) is 0. The molecule has 0 amide bonds. The third-order valence-corrected chi connectivity index (χ3v) is 3.29. The Morgan fingerprint density at radius 3 is 2.50 bits per heavy atom. The summed E-state index contributed by atoms with van der Waals surface area (Å²) in [6.45, 7) is 1.58. The number of halogens is 1. The van der Waals surface area contributed by atoms with Crippen molar-refractivity contribution in [2.45, 2.75) is 6.92 Å². The second kappa shape index (κ2) is 6.57. The third kappa shape index (κ3) is 2.94. The number of hydrogen-bond acceptors (Lipinski definition) is 6. The highest BCUT2D eigenvalue weighted by molar-refractivity contribution is 6.03. The van der Waals surface area contributed by atoms with E-state index in [2.05, 4.69) is 4.74 Å². The van der Waals surface area contributed by atoms with Gasteiger partial charge in [-0.2, -0.15) is 0 Å². The molecule has 6 nitrogen and oxygen atoms in total. The van der Waals surface area contributed by atoms with Gasteiger partial charge in [0.05, 0.1) is 26.4 Å². The standard InChI is InChI=1S/C15H16FNO5/c1-9-6-10(4-5-12(9)16)17-8-22-7-11(14(18)20-2)13(17)15(19)21-3/h4-6H,7-8H2,1-3H3. The highest BCUT2D eigenvalue weighted by Gasteiger charge is 2.32. The summed E-state index contributed by atoms with van der Waals surface area (Å²) in [5.41, 5.74) is 1.02. The van der Waals surface area contributed by atoms with Gasteiger partial charge in [-0.3, -0.25) is 0 Å². The van der Waals surface area contributed by atoms with Gasteiger partial charge in [0.1, 0.15) is 18.2 Å². The molecule has 0 unspecified atom stereocenters. The predicted octanol–water partition coefficient (Wildman–Crippen LogP) is 1.53. The average Bonchev–Trinajstić information content (AvgIpc) is 2.55. The fourth-order valence-corrected chi connectivity index (χ4v) is 2.14. The molecule has 1 aliphatic heterocycles. The Morgan fingerprint density at radius 1 is 1.23 bits per heavy atom. The molecule has 0 atom stereocenters. The van der Waals surface area contributed by atoms with E-state index in [4.69, 9.17) is 9.47 Å². The lowest BCUT2D eigenvalue weighted by molar-refractivity contribution is -0.140. The SMILES string of the molecule is COC(=O)C1=C(C(=O)OC)N(c2ccc(F)c(C)c2)COC1. The number of benzene rings is 1. The van der Waals surface area contributed by atoms with E-state index in [1.54, 1.807) is 13.0 Å². The lowest BCUT2D eigenvalue weighted by Gasteiger charge is -2.31. The summed E-state index contributed by atoms with van der Waals surface area (Å²) in [7, 11) is 2.43. The number of anilines is 1. The van der Waals surface area contributed by atoms with Gasteiger partial charge in [0.2, 0.25) is 0 Å². The van der Waals surface area contributed by atoms with Crippen molar-refractivity contribution in [3.8, 4) is 0 Å². The van der Waals surface area contributed by atoms with Gasteiger partial charge in [-0.1, -0.05) is 0 Å². The molecule has 1 aromatic rings. The van der Waals surface area contributed by atoms with Crippen LogP contribution in [0, 0.1) is 12.7 Å². The zero-order valence-electron chi connectivity index (χ0n) is 12.5. The second-order valence-electron chi connectivity index (χ2n) is 4.65. The summed E-state index contributed by atoms with van der Waals surface area (Å²) in [5, 5.41) is 0. The first kappa shape index (κ1) is 16.0. The summed E-state index contributed by atoms with van der Waals surface area (Å²) in [6.07, 6.45) is 0. The second-order valence-corrected chi connectivity index (χ2v) is 4.65. The van der Waals surface area contributed by atoms with Gasteiger partial charge in [0.25, 0.3) is 0 Å². The smallest absolute Gasteiger partial charge is 0.355 e. The number of aryl methyl sites for hydroxylation is 1. The van der Waals surface area contributed by atoms with Crippen molar-refractivity contribution < 1.29 is 28.2 Å². The van der Waals surface area contributed by atoms with Crippen molar-refractivity contribution in [3.63, 3.8) is 0 Å². The van der Waals surface area contributed by atoms with Crippen LogP contribution in [0.15, 0.2) is 29.5 Å². The first-order valence-corrected chi connectivity index (χ1v) is 6.50. The fourth-order valence-electron chi connectivity index (χ4n) is 2.14. The summed E-state index contributed by atoms with van der Waals surface area (Å²) in [6, 6.07) is 4.34. The molecular weight excluding hydrogens is 293 g/mol. The maximum atomic E-state index is 13.4. The number of esters is 2. The number of nitrogens with zero attached hydrogens (tertiary/aromatic N) is 1. The zero-order chi connectivity index (χ0) is 16.3. The Kier molecular flexibility index (Phi) is 4.77. The Balaban J connectivity index is 2.54. The van der Waals surface area contributed by atoms with E-state index < -0.39 is 11.9 Å². The van der Waals surface area contributed by atoms with Crippen LogP contribution in [0.2, 0.25) is 0 Å². The van der Waals surface area contributed by atoms with Crippen molar-refractivity contribution in [2.24, 2.45) is 0 Å². The summed E-state index contributed by atoms with van der Waals surface area (Å²) in [5.74, 6) is -1.73. The minimum absolute atomic E-state index is 0.0339. The van der Waals surface area contributed by atoms with Gasteiger partial charge in [0, 0.05) is 5.69 Å². The number of methoxy groups -OCH3 is 2. The molecule has 118 valence electrons. The van der Waals surface area contributed by atoms with Crippen LogP contribution in [0.4, 0.5) is 10.1 Å². The normalized spacial score (nSPS) is 14.8. The van der Waals surface area contributed by atoms with E-state index in [1.165, 1.54) is 31.3 Å². The van der Waals surface area contributed by atoms with Crippen LogP contribution in [0.5, 0.6) is 0 Å². The molecule has 0 fully saturated rings. The van der Waals surface area contributed by atoms with Crippen LogP contribution in [-0.2, 0) is 23.8 Å². The molecule has 1 heterocycles. The van der Waals surface area contributed by atoms with Gasteiger partial charge >= 0.3 is 11.9 Å². The zero-order valence-corrected chi connectivity index (χ0v) is 12.5. The van der Waals surface area contributed by atoms with Crippen LogP contribution in [-0.4, -0.2) is 39.5 Å². The number of rotatable bonds is 3. The Morgan fingerprint density at radius 2 is 1.91 bits per heavy atom. The molecule has 1 aromatic carbocycles. The number of ether oxygens (including phenoxy) is 3. The molecule has 0 spiro atoms. The van der Waals surface area contributed by atoms with Crippen molar-refractivity contribution >= 4 is 17.6 Å². The summed E-state index contributed by atoms with van der Waals surface area (Å²) < 4.78 is 28.2. The van der Waals surface area contributed by atoms with Gasteiger partial charge in [-0.25, -0.2) is 14.0 Å². The van der Waals surface area contributed by atoms with Crippen LogP contribution in [0.25, 0.3) is 0 Å². The molecule has 2 rings (SSSR count). The Labute approximate surface area is 127 Å². The van der Waals surface area contributed by atoms with Crippen molar-refractivity contribution in [3.05, 3.63) is 40.8 Å². The molecule has 0 N–H and O–H groups in total. The molecule has 7 heteroatoms. The molecule has 0 radical (unpaired) electrons. The Bertz CT molecular complexity index is 641. The summed E-state index contributed by atoms with van der Waals surface area (Å²) in [4.78, 5) is 25.4. The molecule has 0 bridgehead atoms. The minimum Gasteiger partial charge on any atom is -0.466 e. The lowest BCUT2D eigenvalue weighted by Crippen LogP contribution is -2.38. The largest absolute Gasteiger partial charge is 0.466 e. The maximum Gasteiger partial charge on any atom is 0.355 e. The van der Waals surface area contributed by atoms with E-state index in [0.29, 0.717) is 11.3 Å². The van der Waals surface area contributed by atoms with Crippen LogP contribution >= 0.6 is 0 Å². The Hall–Kier alpha value is -2.41. The number of carbonyl (C=O) groups excluding carboxylic acids is 2. The highest BCUT2D eigenvalue weighted by atomic mass is 19.1. The quantitative estimate of drug-likeness (QED) is 0.789. The van der Waals surface area contributed by atoms with E-state index in [-0.39, 0.29) is 30.4 Å². The molecule has 0 aliphatic carbocycles. The minimum atomic E-state index is -0.689. The van der Waals surface area contributed by atoms with Crippen molar-refractivity contribution in [2.75, 3.05) is 32.5 Å². The maximum absolute atomic E-state index is 13.4. The predicted molar refractivity (Wildman–Crippen MR) is 75.5 cm³/mol. The van der Waals surface area contributed by atoms with E-state index in [9.17, 15) is 14.0 Å². The monoisotopic (exact) mass is 309 g/mol. The third-order valence-electron chi connectivity index (χ3n) is 3.29. The van der Waals surface area contributed by atoms with Crippen molar-refractivity contribution in [1.29, 1.82) is 0 Å². The molecule has 22 heavy (non-hydrogen) atoms. The molecule has 0 aromatic heterocycles. The van der Waals surface area contributed by atoms with Gasteiger partial charge in [0.15, 0.2) is 0 Å². The van der Waals surface area contributed by atoms with Gasteiger partial charge in [-0.15, -0.1) is 0 Å². The van der Waals surface area contributed by atoms with Gasteiger partial charge in [-0.05, 0) is 30.7 Å². The van der Waals surface area contributed by atoms with Crippen LogP contribution in [0.1, 0.15) is 5.56 Å². The fraction of sp³-hybridized carbons (Fsp3) is 0.333. The molecule has 0 saturated heterocycles. The lowest BCUT2D eigenvalue weighted by atomic mass is 10.1. The first-order chi connectivity index (χ1) is 10.5. The van der Waals surface area contributed by atoms with E-state index in [0.717, 1.165) is 0 Å². The van der Waals surface area contributed by atoms with Crippen LogP contribution in [0.3, 0.4) is 0 Å². The van der Waals surface area contributed by atoms with E-state index in [1.807, 2.05) is 0 Å². The van der Waals surface area contributed by atoms with Crippen molar-refractivity contribution in [1.82, 2.24) is 0 Å². The molecule has 0 saturated carbocycles. The average molecular weight is 309 g/mol.